The summed E-state index contributed by atoms with van der Waals surface area (Å²) in [7, 11) is 0. The van der Waals surface area contributed by atoms with Crippen LogP contribution in [-0.2, 0) is 9.47 Å². The van der Waals surface area contributed by atoms with Gasteiger partial charge in [-0.25, -0.2) is 0 Å². The first-order valence-corrected chi connectivity index (χ1v) is 5.31. The quantitative estimate of drug-likeness (QED) is 0.522. The summed E-state index contributed by atoms with van der Waals surface area (Å²) in [6, 6.07) is 0. The third-order valence-electron chi connectivity index (χ3n) is 1.03. The number of ether oxygens (including phenoxy) is 2. The number of thioether (sulfide) groups is 1. The molecule has 0 bridgehead atoms. The summed E-state index contributed by atoms with van der Waals surface area (Å²) >= 11 is 6.28. The fourth-order valence-corrected chi connectivity index (χ4v) is 0.759. The SMILES string of the molecule is CCOC(OC(=S)SC)=C(C)C. The van der Waals surface area contributed by atoms with Crippen LogP contribution in [0.1, 0.15) is 20.8 Å². The zero-order chi connectivity index (χ0) is 9.56. The highest BCUT2D eigenvalue weighted by atomic mass is 32.2. The normalized spacial score (nSPS) is 9.00. The van der Waals surface area contributed by atoms with Crippen LogP contribution in [0.15, 0.2) is 11.5 Å². The summed E-state index contributed by atoms with van der Waals surface area (Å²) in [6.07, 6.45) is 1.87. The van der Waals surface area contributed by atoms with Crippen LogP contribution in [0.5, 0.6) is 0 Å². The highest BCUT2D eigenvalue weighted by molar-refractivity contribution is 8.22. The van der Waals surface area contributed by atoms with E-state index in [1.165, 1.54) is 11.8 Å². The number of hydrogen-bond donors (Lipinski definition) is 0. The highest BCUT2D eigenvalue weighted by Gasteiger charge is 2.04. The first kappa shape index (κ1) is 11.8. The maximum atomic E-state index is 5.25. The van der Waals surface area contributed by atoms with E-state index >= 15 is 0 Å². The fraction of sp³-hybridized carbons (Fsp3) is 0.625. The number of rotatable bonds is 3. The molecule has 0 fully saturated rings. The van der Waals surface area contributed by atoms with Crippen molar-refractivity contribution < 1.29 is 9.47 Å². The molecule has 0 radical (unpaired) electrons. The predicted octanol–water partition coefficient (Wildman–Crippen LogP) is 2.94. The molecule has 0 aromatic carbocycles. The molecule has 0 saturated carbocycles. The lowest BCUT2D eigenvalue weighted by Crippen LogP contribution is -2.02. The van der Waals surface area contributed by atoms with Gasteiger partial charge in [0.2, 0.25) is 4.38 Å². The Balaban J connectivity index is 4.15. The van der Waals surface area contributed by atoms with E-state index in [4.69, 9.17) is 21.7 Å². The minimum Gasteiger partial charge on any atom is -0.465 e. The van der Waals surface area contributed by atoms with Crippen molar-refractivity contribution in [2.75, 3.05) is 12.9 Å². The molecule has 0 aliphatic heterocycles. The maximum absolute atomic E-state index is 5.25. The largest absolute Gasteiger partial charge is 0.465 e. The van der Waals surface area contributed by atoms with Crippen molar-refractivity contribution in [3.63, 3.8) is 0 Å². The number of thiocarbonyl (C=S) groups is 1. The molecular formula is C8H14O2S2. The molecule has 2 nitrogen and oxygen atoms in total. The summed E-state index contributed by atoms with van der Waals surface area (Å²) in [6.45, 7) is 6.35. The summed E-state index contributed by atoms with van der Waals surface area (Å²) in [5.74, 6) is 0.525. The molecule has 0 aromatic rings. The molecule has 70 valence electrons. The molecule has 0 heterocycles. The van der Waals surface area contributed by atoms with Crippen LogP contribution in [0.4, 0.5) is 0 Å². The van der Waals surface area contributed by atoms with E-state index in [1.807, 2.05) is 27.0 Å². The van der Waals surface area contributed by atoms with E-state index in [0.717, 1.165) is 5.57 Å². The van der Waals surface area contributed by atoms with Crippen LogP contribution in [0.3, 0.4) is 0 Å². The van der Waals surface area contributed by atoms with Gasteiger partial charge in [-0.2, -0.15) is 0 Å². The zero-order valence-corrected chi connectivity index (χ0v) is 9.47. The van der Waals surface area contributed by atoms with Gasteiger partial charge in [0.25, 0.3) is 5.95 Å². The summed E-state index contributed by atoms with van der Waals surface area (Å²) in [4.78, 5) is 0. The molecule has 0 saturated heterocycles. The molecule has 0 spiro atoms. The molecule has 0 amide bonds. The summed E-state index contributed by atoms with van der Waals surface area (Å²) in [5.41, 5.74) is 0.994. The van der Waals surface area contributed by atoms with E-state index in [9.17, 15) is 0 Å². The van der Waals surface area contributed by atoms with Crippen molar-refractivity contribution in [2.24, 2.45) is 0 Å². The van der Waals surface area contributed by atoms with E-state index in [1.54, 1.807) is 0 Å². The highest BCUT2D eigenvalue weighted by Crippen LogP contribution is 2.12. The Morgan fingerprint density at radius 2 is 2.00 bits per heavy atom. The molecule has 12 heavy (non-hydrogen) atoms. The first-order chi connectivity index (χ1) is 5.61. The second-order valence-electron chi connectivity index (χ2n) is 2.28. The van der Waals surface area contributed by atoms with Crippen molar-refractivity contribution in [3.05, 3.63) is 11.5 Å². The lowest BCUT2D eigenvalue weighted by molar-refractivity contribution is 0.110. The minimum absolute atomic E-state index is 0.486. The Labute approximate surface area is 83.3 Å². The molecule has 0 aliphatic carbocycles. The second-order valence-corrected chi connectivity index (χ2v) is 3.68. The molecule has 0 atom stereocenters. The number of allylic oxidation sites excluding steroid dienone is 1. The first-order valence-electron chi connectivity index (χ1n) is 3.67. The van der Waals surface area contributed by atoms with Gasteiger partial charge in [-0.05, 0) is 39.2 Å². The van der Waals surface area contributed by atoms with Gasteiger partial charge in [0.15, 0.2) is 0 Å². The van der Waals surface area contributed by atoms with E-state index in [-0.39, 0.29) is 0 Å². The van der Waals surface area contributed by atoms with Crippen LogP contribution < -0.4 is 0 Å². The van der Waals surface area contributed by atoms with E-state index < -0.39 is 0 Å². The third-order valence-corrected chi connectivity index (χ3v) is 2.03. The molecule has 0 aliphatic rings. The van der Waals surface area contributed by atoms with Gasteiger partial charge >= 0.3 is 0 Å². The molecule has 0 rings (SSSR count). The van der Waals surface area contributed by atoms with E-state index in [2.05, 4.69) is 0 Å². The smallest absolute Gasteiger partial charge is 0.284 e. The molecule has 0 N–H and O–H groups in total. The van der Waals surface area contributed by atoms with E-state index in [0.29, 0.717) is 16.9 Å². The van der Waals surface area contributed by atoms with Crippen LogP contribution in [0.25, 0.3) is 0 Å². The van der Waals surface area contributed by atoms with Gasteiger partial charge in [0.05, 0.1) is 6.61 Å². The van der Waals surface area contributed by atoms with Crippen molar-refractivity contribution in [1.29, 1.82) is 0 Å². The monoisotopic (exact) mass is 206 g/mol. The van der Waals surface area contributed by atoms with Crippen molar-refractivity contribution in [2.45, 2.75) is 20.8 Å². The molecule has 0 aromatic heterocycles. The maximum Gasteiger partial charge on any atom is 0.284 e. The summed E-state index contributed by atoms with van der Waals surface area (Å²) in [5, 5.41) is 0. The molecule has 0 unspecified atom stereocenters. The molecule has 4 heteroatoms. The van der Waals surface area contributed by atoms with Crippen molar-refractivity contribution >= 4 is 28.4 Å². The molecular weight excluding hydrogens is 192 g/mol. The second kappa shape index (κ2) is 6.31. The van der Waals surface area contributed by atoms with Gasteiger partial charge in [-0.3, -0.25) is 0 Å². The van der Waals surface area contributed by atoms with Crippen molar-refractivity contribution in [1.82, 2.24) is 0 Å². The minimum atomic E-state index is 0.486. The van der Waals surface area contributed by atoms with Gasteiger partial charge < -0.3 is 9.47 Å². The average molecular weight is 206 g/mol. The third kappa shape index (κ3) is 4.62. The Hall–Kier alpha value is -0.220. The van der Waals surface area contributed by atoms with Crippen LogP contribution in [0.2, 0.25) is 0 Å². The Morgan fingerprint density at radius 3 is 2.33 bits per heavy atom. The van der Waals surface area contributed by atoms with Gasteiger partial charge in [-0.15, -0.1) is 0 Å². The lowest BCUT2D eigenvalue weighted by atomic mass is 10.4. The van der Waals surface area contributed by atoms with Gasteiger partial charge in [0.1, 0.15) is 0 Å². The van der Waals surface area contributed by atoms with Crippen LogP contribution in [-0.4, -0.2) is 17.2 Å². The van der Waals surface area contributed by atoms with Gasteiger partial charge in [0, 0.05) is 5.57 Å². The lowest BCUT2D eigenvalue weighted by Gasteiger charge is -2.10. The predicted molar refractivity (Wildman–Crippen MR) is 57.2 cm³/mol. The van der Waals surface area contributed by atoms with Gasteiger partial charge in [-0.1, -0.05) is 11.8 Å². The number of hydrogen-bond acceptors (Lipinski definition) is 4. The average Bonchev–Trinajstić information content (AvgIpc) is 2.03. The fourth-order valence-electron chi connectivity index (χ4n) is 0.524. The standard InChI is InChI=1S/C8H14O2S2/c1-5-9-7(6(2)3)10-8(11)12-4/h5H2,1-4H3. The van der Waals surface area contributed by atoms with Crippen LogP contribution >= 0.6 is 24.0 Å². The van der Waals surface area contributed by atoms with Crippen molar-refractivity contribution in [3.8, 4) is 0 Å². The topological polar surface area (TPSA) is 18.5 Å². The van der Waals surface area contributed by atoms with Crippen LogP contribution in [0, 0.1) is 0 Å². The Morgan fingerprint density at radius 1 is 1.42 bits per heavy atom. The zero-order valence-electron chi connectivity index (χ0n) is 7.84. The Bertz CT molecular complexity index is 183. The Kier molecular flexibility index (Phi) is 6.20. The summed E-state index contributed by atoms with van der Waals surface area (Å²) < 4.78 is 11.0.